The zero-order chi connectivity index (χ0) is 20.4. The maximum absolute atomic E-state index is 11.2. The number of benzene rings is 1. The van der Waals surface area contributed by atoms with Crippen molar-refractivity contribution >= 4 is 17.4 Å². The minimum atomic E-state index is -0.139. The van der Waals surface area contributed by atoms with Gasteiger partial charge in [0.1, 0.15) is 17.5 Å². The normalized spacial score (nSPS) is 10.5. The molecule has 0 saturated carbocycles. The van der Waals surface area contributed by atoms with Crippen LogP contribution in [0.15, 0.2) is 30.3 Å². The molecule has 0 aliphatic rings. The van der Waals surface area contributed by atoms with Crippen LogP contribution in [-0.2, 0) is 11.3 Å². The lowest BCUT2D eigenvalue weighted by Gasteiger charge is -2.11. The van der Waals surface area contributed by atoms with Crippen LogP contribution in [0.3, 0.4) is 0 Å². The van der Waals surface area contributed by atoms with E-state index < -0.39 is 0 Å². The SMILES string of the molecule is CCn1nc(C)c(-c2cc(-c3ccc(NC(C)=O)cc3)c(C#N)c(N)n2)c1C. The van der Waals surface area contributed by atoms with Crippen LogP contribution in [0.5, 0.6) is 0 Å². The number of anilines is 2. The Morgan fingerprint density at radius 2 is 1.96 bits per heavy atom. The summed E-state index contributed by atoms with van der Waals surface area (Å²) in [5, 5.41) is 16.9. The lowest BCUT2D eigenvalue weighted by Crippen LogP contribution is -2.05. The molecular formula is C21H22N6O. The van der Waals surface area contributed by atoms with Gasteiger partial charge >= 0.3 is 0 Å². The molecule has 3 N–H and O–H groups in total. The van der Waals surface area contributed by atoms with Gasteiger partial charge in [0.2, 0.25) is 5.91 Å². The molecule has 0 unspecified atom stereocenters. The minimum Gasteiger partial charge on any atom is -0.383 e. The van der Waals surface area contributed by atoms with E-state index in [4.69, 9.17) is 5.73 Å². The van der Waals surface area contributed by atoms with Crippen LogP contribution in [0.4, 0.5) is 11.5 Å². The van der Waals surface area contributed by atoms with Gasteiger partial charge in [-0.25, -0.2) is 4.98 Å². The van der Waals surface area contributed by atoms with Crippen LogP contribution in [0, 0.1) is 25.2 Å². The molecule has 1 amide bonds. The number of carbonyl (C=O) groups excluding carboxylic acids is 1. The first-order chi connectivity index (χ1) is 13.3. The predicted molar refractivity (Wildman–Crippen MR) is 109 cm³/mol. The number of aromatic nitrogens is 3. The fourth-order valence-corrected chi connectivity index (χ4v) is 3.35. The highest BCUT2D eigenvalue weighted by Crippen LogP contribution is 2.34. The molecule has 0 fully saturated rings. The first-order valence-electron chi connectivity index (χ1n) is 8.98. The van der Waals surface area contributed by atoms with E-state index in [9.17, 15) is 10.1 Å². The van der Waals surface area contributed by atoms with Crippen molar-refractivity contribution in [3.8, 4) is 28.5 Å². The van der Waals surface area contributed by atoms with Gasteiger partial charge in [-0.1, -0.05) is 12.1 Å². The fourth-order valence-electron chi connectivity index (χ4n) is 3.35. The van der Waals surface area contributed by atoms with Crippen molar-refractivity contribution in [2.24, 2.45) is 0 Å². The van der Waals surface area contributed by atoms with Crippen LogP contribution in [-0.4, -0.2) is 20.7 Å². The van der Waals surface area contributed by atoms with Crippen molar-refractivity contribution in [3.63, 3.8) is 0 Å². The van der Waals surface area contributed by atoms with E-state index in [-0.39, 0.29) is 11.7 Å². The summed E-state index contributed by atoms with van der Waals surface area (Å²) >= 11 is 0. The number of nitrogens with zero attached hydrogens (tertiary/aromatic N) is 4. The molecule has 3 rings (SSSR count). The molecule has 3 aromatic rings. The van der Waals surface area contributed by atoms with Crippen LogP contribution in [0.25, 0.3) is 22.4 Å². The number of aryl methyl sites for hydroxylation is 2. The minimum absolute atomic E-state index is 0.139. The predicted octanol–water partition coefficient (Wildman–Crippen LogP) is 3.66. The molecule has 0 spiro atoms. The Balaban J connectivity index is 2.16. The number of nitrogen functional groups attached to an aromatic ring is 1. The molecule has 0 aliphatic heterocycles. The Morgan fingerprint density at radius 1 is 1.29 bits per heavy atom. The summed E-state index contributed by atoms with van der Waals surface area (Å²) in [6.45, 7) is 8.18. The quantitative estimate of drug-likeness (QED) is 0.724. The molecule has 0 atom stereocenters. The van der Waals surface area contributed by atoms with Gasteiger partial charge in [-0.2, -0.15) is 10.4 Å². The summed E-state index contributed by atoms with van der Waals surface area (Å²) < 4.78 is 1.92. The fraction of sp³-hybridized carbons (Fsp3) is 0.238. The largest absolute Gasteiger partial charge is 0.383 e. The molecule has 2 aromatic heterocycles. The molecule has 0 saturated heterocycles. The third kappa shape index (κ3) is 3.45. The summed E-state index contributed by atoms with van der Waals surface area (Å²) in [6, 6.07) is 11.3. The second-order valence-corrected chi connectivity index (χ2v) is 6.55. The molecule has 0 radical (unpaired) electrons. The molecule has 142 valence electrons. The van der Waals surface area contributed by atoms with Crippen molar-refractivity contribution in [1.29, 1.82) is 5.26 Å². The van der Waals surface area contributed by atoms with Crippen LogP contribution in [0.2, 0.25) is 0 Å². The molecule has 28 heavy (non-hydrogen) atoms. The summed E-state index contributed by atoms with van der Waals surface area (Å²) in [7, 11) is 0. The first kappa shape index (κ1) is 19.1. The standard InChI is InChI=1S/C21H22N6O/c1-5-27-13(3)20(12(2)26-27)19-10-17(18(11-22)21(23)25-19)15-6-8-16(9-7-15)24-14(4)28/h6-10H,5H2,1-4H3,(H2,23,25)(H,24,28). The van der Waals surface area contributed by atoms with Crippen molar-refractivity contribution < 1.29 is 4.79 Å². The van der Waals surface area contributed by atoms with E-state index in [0.29, 0.717) is 22.5 Å². The molecular weight excluding hydrogens is 352 g/mol. The number of pyridine rings is 1. The van der Waals surface area contributed by atoms with Crippen molar-refractivity contribution in [2.75, 3.05) is 11.1 Å². The Labute approximate surface area is 163 Å². The summed E-state index contributed by atoms with van der Waals surface area (Å²) in [4.78, 5) is 15.7. The van der Waals surface area contributed by atoms with Gasteiger partial charge in [0, 0.05) is 36.0 Å². The second kappa shape index (κ2) is 7.53. The average molecular weight is 374 g/mol. The highest BCUT2D eigenvalue weighted by Gasteiger charge is 2.18. The van der Waals surface area contributed by atoms with E-state index in [1.54, 1.807) is 12.1 Å². The third-order valence-electron chi connectivity index (χ3n) is 4.61. The van der Waals surface area contributed by atoms with Gasteiger partial charge in [0.05, 0.1) is 11.4 Å². The van der Waals surface area contributed by atoms with E-state index in [0.717, 1.165) is 29.1 Å². The van der Waals surface area contributed by atoms with Crippen LogP contribution >= 0.6 is 0 Å². The van der Waals surface area contributed by atoms with Gasteiger partial charge in [0.25, 0.3) is 0 Å². The Bertz CT molecular complexity index is 1090. The highest BCUT2D eigenvalue weighted by molar-refractivity contribution is 5.89. The Kier molecular flexibility index (Phi) is 5.14. The molecule has 7 heteroatoms. The monoisotopic (exact) mass is 374 g/mol. The van der Waals surface area contributed by atoms with E-state index in [1.807, 2.05) is 43.7 Å². The highest BCUT2D eigenvalue weighted by atomic mass is 16.1. The lowest BCUT2D eigenvalue weighted by atomic mass is 9.97. The number of hydrogen-bond donors (Lipinski definition) is 2. The molecule has 7 nitrogen and oxygen atoms in total. The summed E-state index contributed by atoms with van der Waals surface area (Å²) in [5.41, 5.74) is 12.1. The number of amides is 1. The van der Waals surface area contributed by atoms with Crippen molar-refractivity contribution in [1.82, 2.24) is 14.8 Å². The van der Waals surface area contributed by atoms with E-state index in [2.05, 4.69) is 21.5 Å². The summed E-state index contributed by atoms with van der Waals surface area (Å²) in [5.74, 6) is 0.0452. The van der Waals surface area contributed by atoms with Gasteiger partial charge in [-0.3, -0.25) is 9.48 Å². The van der Waals surface area contributed by atoms with Crippen LogP contribution in [0.1, 0.15) is 30.8 Å². The third-order valence-corrected chi connectivity index (χ3v) is 4.61. The molecule has 0 bridgehead atoms. The van der Waals surface area contributed by atoms with Crippen molar-refractivity contribution in [3.05, 3.63) is 47.3 Å². The average Bonchev–Trinajstić information content (AvgIpc) is 2.94. The molecule has 1 aromatic carbocycles. The number of nitriles is 1. The molecule has 2 heterocycles. The Morgan fingerprint density at radius 3 is 2.50 bits per heavy atom. The zero-order valence-corrected chi connectivity index (χ0v) is 16.4. The maximum Gasteiger partial charge on any atom is 0.221 e. The Hall–Kier alpha value is -3.66. The zero-order valence-electron chi connectivity index (χ0n) is 16.4. The number of nitrogens with two attached hydrogens (primary N) is 1. The first-order valence-corrected chi connectivity index (χ1v) is 8.98. The van der Waals surface area contributed by atoms with Crippen molar-refractivity contribution in [2.45, 2.75) is 34.2 Å². The number of hydrogen-bond acceptors (Lipinski definition) is 5. The summed E-state index contributed by atoms with van der Waals surface area (Å²) in [6.07, 6.45) is 0. The van der Waals surface area contributed by atoms with E-state index >= 15 is 0 Å². The number of carbonyl (C=O) groups is 1. The van der Waals surface area contributed by atoms with E-state index in [1.165, 1.54) is 6.92 Å². The molecule has 0 aliphatic carbocycles. The number of nitrogens with one attached hydrogen (secondary N) is 1. The lowest BCUT2D eigenvalue weighted by molar-refractivity contribution is -0.114. The van der Waals surface area contributed by atoms with Gasteiger partial charge in [-0.05, 0) is 44.5 Å². The van der Waals surface area contributed by atoms with Gasteiger partial charge in [0.15, 0.2) is 0 Å². The topological polar surface area (TPSA) is 110 Å². The second-order valence-electron chi connectivity index (χ2n) is 6.55. The number of rotatable bonds is 4. The smallest absolute Gasteiger partial charge is 0.221 e. The van der Waals surface area contributed by atoms with Gasteiger partial charge < -0.3 is 11.1 Å². The van der Waals surface area contributed by atoms with Crippen LogP contribution < -0.4 is 11.1 Å². The maximum atomic E-state index is 11.2. The van der Waals surface area contributed by atoms with Gasteiger partial charge in [-0.15, -0.1) is 0 Å².